The fraction of sp³-hybridized carbons (Fsp3) is 0.320. The van der Waals surface area contributed by atoms with Crippen LogP contribution in [0.15, 0.2) is 41.2 Å². The van der Waals surface area contributed by atoms with Crippen molar-refractivity contribution in [1.29, 1.82) is 0 Å². The van der Waals surface area contributed by atoms with E-state index in [0.717, 1.165) is 6.07 Å². The van der Waals surface area contributed by atoms with E-state index in [4.69, 9.17) is 16.3 Å². The zero-order valence-corrected chi connectivity index (χ0v) is 20.5. The van der Waals surface area contributed by atoms with Crippen LogP contribution in [0.1, 0.15) is 41.7 Å². The summed E-state index contributed by atoms with van der Waals surface area (Å²) in [5.74, 6) is -4.05. The van der Waals surface area contributed by atoms with Gasteiger partial charge in [0.15, 0.2) is 0 Å². The van der Waals surface area contributed by atoms with Crippen molar-refractivity contribution in [3.63, 3.8) is 0 Å². The lowest BCUT2D eigenvalue weighted by Gasteiger charge is -2.34. The molecule has 3 aromatic rings. The summed E-state index contributed by atoms with van der Waals surface area (Å²) in [7, 11) is 0. The van der Waals surface area contributed by atoms with Gasteiger partial charge in [-0.25, -0.2) is 22.5 Å². The Morgan fingerprint density at radius 3 is 2.51 bits per heavy atom. The Balaban J connectivity index is 1.43. The highest BCUT2D eigenvalue weighted by Gasteiger charge is 2.38. The predicted molar refractivity (Wildman–Crippen MR) is 125 cm³/mol. The first-order chi connectivity index (χ1) is 18.3. The molecule has 1 fully saturated rings. The second kappa shape index (κ2) is 11.3. The van der Waals surface area contributed by atoms with Gasteiger partial charge in [0.2, 0.25) is 5.91 Å². The average molecular weight is 578 g/mol. The first kappa shape index (κ1) is 28.6. The third kappa shape index (κ3) is 6.59. The Hall–Kier alpha value is -3.45. The number of ether oxygens (including phenoxy) is 1. The molecular formula is C25H19ClF7N3O3. The van der Waals surface area contributed by atoms with E-state index in [0.29, 0.717) is 30.5 Å². The van der Waals surface area contributed by atoms with Crippen molar-refractivity contribution in [3.05, 3.63) is 85.8 Å². The second-order valence-electron chi connectivity index (χ2n) is 8.85. The molecule has 1 aromatic heterocycles. The van der Waals surface area contributed by atoms with E-state index < -0.39 is 70.8 Å². The second-order valence-corrected chi connectivity index (χ2v) is 9.25. The van der Waals surface area contributed by atoms with Crippen LogP contribution in [0.25, 0.3) is 11.4 Å². The average Bonchev–Trinajstić information content (AvgIpc) is 2.83. The van der Waals surface area contributed by atoms with Crippen LogP contribution in [-0.4, -0.2) is 22.0 Å². The third-order valence-electron chi connectivity index (χ3n) is 6.14. The fourth-order valence-corrected chi connectivity index (χ4v) is 4.22. The number of H-pyrrole nitrogens is 1. The summed E-state index contributed by atoms with van der Waals surface area (Å²) in [6.45, 7) is -0.369. The lowest BCUT2D eigenvalue weighted by atomic mass is 9.81. The minimum atomic E-state index is -5.10. The van der Waals surface area contributed by atoms with Crippen LogP contribution in [0, 0.1) is 17.6 Å². The number of halogens is 8. The number of hydrogen-bond acceptors (Lipinski definition) is 4. The molecule has 1 aliphatic carbocycles. The van der Waals surface area contributed by atoms with E-state index in [1.165, 1.54) is 18.2 Å². The lowest BCUT2D eigenvalue weighted by Crippen LogP contribution is -2.42. The monoisotopic (exact) mass is 577 g/mol. The number of alkyl halides is 5. The van der Waals surface area contributed by atoms with Gasteiger partial charge in [0.05, 0.1) is 28.9 Å². The fourth-order valence-electron chi connectivity index (χ4n) is 4.02. The molecule has 39 heavy (non-hydrogen) atoms. The van der Waals surface area contributed by atoms with E-state index in [-0.39, 0.29) is 23.3 Å². The van der Waals surface area contributed by atoms with Gasteiger partial charge >= 0.3 is 6.18 Å². The summed E-state index contributed by atoms with van der Waals surface area (Å²) in [5.41, 5.74) is -4.80. The van der Waals surface area contributed by atoms with Crippen LogP contribution >= 0.6 is 11.6 Å². The molecule has 4 rings (SSSR count). The molecule has 0 aliphatic heterocycles. The largest absolute Gasteiger partial charge is 0.417 e. The van der Waals surface area contributed by atoms with Crippen molar-refractivity contribution < 1.29 is 40.3 Å². The molecule has 14 heteroatoms. The molecule has 1 aliphatic rings. The number of hydrogen-bond donors (Lipinski definition) is 2. The molecule has 2 N–H and O–H groups in total. The molecule has 6 nitrogen and oxygen atoms in total. The zero-order chi connectivity index (χ0) is 28.5. The van der Waals surface area contributed by atoms with Crippen molar-refractivity contribution in [2.45, 2.75) is 44.7 Å². The number of aromatic amines is 1. The summed E-state index contributed by atoms with van der Waals surface area (Å²) >= 11 is 5.72. The normalized spacial score (nSPS) is 17.3. The van der Waals surface area contributed by atoms with Crippen LogP contribution < -0.4 is 10.9 Å². The Morgan fingerprint density at radius 2 is 1.87 bits per heavy atom. The van der Waals surface area contributed by atoms with Gasteiger partial charge in [0, 0.05) is 24.1 Å². The van der Waals surface area contributed by atoms with E-state index >= 15 is 4.39 Å². The molecule has 0 spiro atoms. The summed E-state index contributed by atoms with van der Waals surface area (Å²) in [6, 6.07) is 5.84. The smallest absolute Gasteiger partial charge is 0.373 e. The Kier molecular flexibility index (Phi) is 8.31. The highest BCUT2D eigenvalue weighted by atomic mass is 35.5. The van der Waals surface area contributed by atoms with E-state index in [1.807, 2.05) is 4.98 Å². The van der Waals surface area contributed by atoms with Crippen molar-refractivity contribution in [1.82, 2.24) is 15.3 Å². The van der Waals surface area contributed by atoms with Gasteiger partial charge in [-0.2, -0.15) is 13.2 Å². The van der Waals surface area contributed by atoms with Crippen LogP contribution in [0.2, 0.25) is 5.02 Å². The van der Waals surface area contributed by atoms with Gasteiger partial charge in [-0.3, -0.25) is 9.59 Å². The first-order valence-electron chi connectivity index (χ1n) is 11.4. The SMILES string of the molecule is O=C(NCc1ccc(C(F)(F)F)c(-c2nc(C(F)F)cc(=O)[nH]2)c1F)C1CC(OCc2ccc(F)c(Cl)c2)C1. The third-order valence-corrected chi connectivity index (χ3v) is 6.43. The van der Waals surface area contributed by atoms with E-state index in [2.05, 4.69) is 10.3 Å². The number of nitrogens with one attached hydrogen (secondary N) is 2. The molecule has 1 saturated carbocycles. The molecule has 1 heterocycles. The van der Waals surface area contributed by atoms with Gasteiger partial charge in [0.25, 0.3) is 12.0 Å². The number of amides is 1. The standard InChI is InChI=1S/C25H19ClF7N3O3/c26-16-5-11(1-4-17(16)27)10-39-14-6-13(7-14)24(38)34-9-12-2-3-15(25(31,32)33)20(21(12)28)23-35-18(22(29)30)8-19(37)36-23/h1-5,8,13-14,22H,6-7,9-10H2,(H,34,38)(H,35,36,37). The van der Waals surface area contributed by atoms with Crippen molar-refractivity contribution in [2.75, 3.05) is 0 Å². The molecule has 0 saturated heterocycles. The van der Waals surface area contributed by atoms with Crippen molar-refractivity contribution in [3.8, 4) is 11.4 Å². The van der Waals surface area contributed by atoms with Gasteiger partial charge in [-0.15, -0.1) is 0 Å². The van der Waals surface area contributed by atoms with Crippen molar-refractivity contribution in [2.24, 2.45) is 5.92 Å². The van der Waals surface area contributed by atoms with Gasteiger partial charge in [-0.05, 0) is 36.6 Å². The van der Waals surface area contributed by atoms with Crippen LogP contribution in [0.5, 0.6) is 0 Å². The van der Waals surface area contributed by atoms with Gasteiger partial charge < -0.3 is 15.0 Å². The zero-order valence-electron chi connectivity index (χ0n) is 19.7. The maximum absolute atomic E-state index is 15.3. The van der Waals surface area contributed by atoms with E-state index in [1.54, 1.807) is 0 Å². The van der Waals surface area contributed by atoms with Crippen LogP contribution in [0.4, 0.5) is 30.7 Å². The van der Waals surface area contributed by atoms with Gasteiger partial charge in [-0.1, -0.05) is 23.7 Å². The maximum Gasteiger partial charge on any atom is 0.417 e. The summed E-state index contributed by atoms with van der Waals surface area (Å²) in [4.78, 5) is 29.4. The van der Waals surface area contributed by atoms with Crippen LogP contribution in [0.3, 0.4) is 0 Å². The molecule has 0 radical (unpaired) electrons. The lowest BCUT2D eigenvalue weighted by molar-refractivity contribution is -0.137. The molecule has 1 amide bonds. The van der Waals surface area contributed by atoms with Gasteiger partial charge in [0.1, 0.15) is 23.2 Å². The van der Waals surface area contributed by atoms with E-state index in [9.17, 15) is 35.9 Å². The number of aromatic nitrogens is 2. The Bertz CT molecular complexity index is 1440. The maximum atomic E-state index is 15.3. The Labute approximate surface area is 221 Å². The molecule has 2 aromatic carbocycles. The van der Waals surface area contributed by atoms with Crippen LogP contribution in [-0.2, 0) is 28.9 Å². The molecule has 0 bridgehead atoms. The number of nitrogens with zero attached hydrogens (tertiary/aromatic N) is 1. The number of rotatable bonds is 8. The number of carbonyl (C=O) groups excluding carboxylic acids is 1. The van der Waals surface area contributed by atoms with Crippen molar-refractivity contribution >= 4 is 17.5 Å². The number of carbonyl (C=O) groups is 1. The summed E-state index contributed by atoms with van der Waals surface area (Å²) in [6.07, 6.45) is -8.00. The minimum absolute atomic E-state index is 0.0514. The predicted octanol–water partition coefficient (Wildman–Crippen LogP) is 5.94. The molecule has 0 atom stereocenters. The Morgan fingerprint density at radius 1 is 1.15 bits per heavy atom. The highest BCUT2D eigenvalue weighted by Crippen LogP contribution is 2.39. The summed E-state index contributed by atoms with van der Waals surface area (Å²) in [5, 5.41) is 2.39. The quantitative estimate of drug-likeness (QED) is 0.325. The molecular weight excluding hydrogens is 559 g/mol. The topological polar surface area (TPSA) is 84.1 Å². The highest BCUT2D eigenvalue weighted by molar-refractivity contribution is 6.30. The molecule has 208 valence electrons. The molecule has 0 unspecified atom stereocenters. The number of benzene rings is 2. The summed E-state index contributed by atoms with van der Waals surface area (Å²) < 4.78 is 101. The first-order valence-corrected chi connectivity index (χ1v) is 11.8. The minimum Gasteiger partial charge on any atom is -0.373 e.